The Morgan fingerprint density at radius 2 is 0.733 bits per heavy atom. The summed E-state index contributed by atoms with van der Waals surface area (Å²) in [6.45, 7) is 4.54. The molecule has 6 heteroatoms. The molecule has 0 aliphatic carbocycles. The van der Waals surface area contributed by atoms with Crippen LogP contribution < -0.4 is 0 Å². The van der Waals surface area contributed by atoms with Crippen LogP contribution in [0.4, 0.5) is 0 Å². The third-order valence-electron chi connectivity index (χ3n) is 5.40. The third-order valence-corrected chi connectivity index (χ3v) is 8.17. The van der Waals surface area contributed by atoms with E-state index in [9.17, 15) is 4.89 Å². The Bertz CT molecular complexity index is 284. The first-order valence-electron chi connectivity index (χ1n) is 12.9. The molecular weight excluding hydrogens is 431 g/mol. The minimum Gasteiger partial charge on any atom is -0.327 e. The predicted octanol–water partition coefficient (Wildman–Crippen LogP) is 10.4. The summed E-state index contributed by atoms with van der Waals surface area (Å²) in [5.41, 5.74) is 0. The van der Waals surface area contributed by atoms with E-state index in [1.807, 2.05) is 0 Å². The van der Waals surface area contributed by atoms with Gasteiger partial charge in [0, 0.05) is 35.6 Å². The van der Waals surface area contributed by atoms with Crippen molar-refractivity contribution in [2.45, 2.75) is 142 Å². The lowest BCUT2D eigenvalue weighted by atomic mass is 10.1. The second-order valence-electron chi connectivity index (χ2n) is 8.39. The fourth-order valence-corrected chi connectivity index (χ4v) is 5.76. The molecule has 3 nitrogen and oxygen atoms in total. The molecule has 0 aromatic heterocycles. The molecule has 0 bridgehead atoms. The van der Waals surface area contributed by atoms with Gasteiger partial charge in [-0.2, -0.15) is 0 Å². The van der Waals surface area contributed by atoms with E-state index in [-0.39, 0.29) is 0 Å². The van der Waals surface area contributed by atoms with E-state index in [1.165, 1.54) is 140 Å². The van der Waals surface area contributed by atoms with Gasteiger partial charge >= 0.3 is 8.60 Å². The summed E-state index contributed by atoms with van der Waals surface area (Å²) < 4.78 is 10.6. The molecule has 30 heavy (non-hydrogen) atoms. The molecule has 0 saturated carbocycles. The highest BCUT2D eigenvalue weighted by Crippen LogP contribution is 2.42. The van der Waals surface area contributed by atoms with Crippen LogP contribution in [-0.4, -0.2) is 16.4 Å². The number of hydrogen-bond donors (Lipinski definition) is 1. The van der Waals surface area contributed by atoms with Crippen LogP contribution in [0.3, 0.4) is 0 Å². The highest BCUT2D eigenvalue weighted by atomic mass is 32.2. The van der Waals surface area contributed by atoms with E-state index >= 15 is 0 Å². The molecule has 0 aromatic rings. The van der Waals surface area contributed by atoms with Gasteiger partial charge in [0.05, 0.1) is 0 Å². The van der Waals surface area contributed by atoms with Crippen molar-refractivity contribution < 1.29 is 12.8 Å². The van der Waals surface area contributed by atoms with E-state index in [0.717, 1.165) is 24.3 Å². The van der Waals surface area contributed by atoms with Gasteiger partial charge in [-0.15, -0.1) is 0 Å². The number of hydrogen-bond acceptors (Lipinski definition) is 5. The lowest BCUT2D eigenvalue weighted by Gasteiger charge is -2.08. The van der Waals surface area contributed by atoms with Gasteiger partial charge < -0.3 is 4.89 Å². The van der Waals surface area contributed by atoms with Gasteiger partial charge in [0.15, 0.2) is 0 Å². The van der Waals surface area contributed by atoms with E-state index in [0.29, 0.717) is 0 Å². The normalized spacial score (nSPS) is 11.6. The summed E-state index contributed by atoms with van der Waals surface area (Å²) in [5.74, 6) is 1.89. The van der Waals surface area contributed by atoms with Crippen LogP contribution in [0.25, 0.3) is 0 Å². The van der Waals surface area contributed by atoms with Gasteiger partial charge in [0.1, 0.15) is 0 Å². The number of unbranched alkanes of at least 4 members (excludes halogenated alkanes) is 18. The van der Waals surface area contributed by atoms with Gasteiger partial charge in [-0.05, 0) is 12.8 Å². The highest BCUT2D eigenvalue weighted by Gasteiger charge is 2.08. The second-order valence-corrected chi connectivity index (χ2v) is 11.4. The first-order chi connectivity index (χ1) is 14.8. The average molecular weight is 483 g/mol. The molecule has 0 radical (unpaired) electrons. The maximum absolute atomic E-state index is 9.75. The molecule has 0 saturated heterocycles. The monoisotopic (exact) mass is 482 g/mol. The SMILES string of the molecule is CCCCCCCCCCCCSOP(O)OSCCCCCCCCCCCC. The van der Waals surface area contributed by atoms with Crippen molar-refractivity contribution in [1.29, 1.82) is 0 Å². The topological polar surface area (TPSA) is 38.7 Å². The summed E-state index contributed by atoms with van der Waals surface area (Å²) in [6.07, 6.45) is 26.9. The van der Waals surface area contributed by atoms with Crippen molar-refractivity contribution in [3.05, 3.63) is 0 Å². The molecule has 0 unspecified atom stereocenters. The highest BCUT2D eigenvalue weighted by molar-refractivity contribution is 8.00. The van der Waals surface area contributed by atoms with E-state index in [2.05, 4.69) is 13.8 Å². The molecule has 0 heterocycles. The predicted molar refractivity (Wildman–Crippen MR) is 140 cm³/mol. The molecule has 0 rings (SSSR count). The molecule has 1 N–H and O–H groups in total. The Morgan fingerprint density at radius 1 is 0.467 bits per heavy atom. The maximum atomic E-state index is 9.75. The minimum absolute atomic E-state index is 0.947. The lowest BCUT2D eigenvalue weighted by Crippen LogP contribution is -1.86. The first-order valence-corrected chi connectivity index (χ1v) is 15.8. The summed E-state index contributed by atoms with van der Waals surface area (Å²) in [5, 5.41) is 0. The molecule has 0 aliphatic rings. The minimum atomic E-state index is -1.73. The van der Waals surface area contributed by atoms with Gasteiger partial charge in [0.25, 0.3) is 0 Å². The molecule has 0 amide bonds. The standard InChI is InChI=1S/C24H51O3PS2/c1-3-5-7-9-11-13-15-17-19-21-23-29-26-28(25)27-30-24-22-20-18-16-14-12-10-8-6-4-2/h25H,3-24H2,1-2H3. The molecule has 0 fully saturated rings. The van der Waals surface area contributed by atoms with E-state index < -0.39 is 8.60 Å². The Labute approximate surface area is 199 Å². The van der Waals surface area contributed by atoms with Crippen molar-refractivity contribution in [1.82, 2.24) is 0 Å². The molecular formula is C24H51O3PS2. The van der Waals surface area contributed by atoms with Crippen molar-refractivity contribution in [3.63, 3.8) is 0 Å². The van der Waals surface area contributed by atoms with Crippen LogP contribution in [-0.2, 0) is 7.94 Å². The summed E-state index contributed by atoms with van der Waals surface area (Å²) >= 11 is 2.73. The van der Waals surface area contributed by atoms with Crippen LogP contribution in [0.1, 0.15) is 142 Å². The molecule has 182 valence electrons. The van der Waals surface area contributed by atoms with E-state index in [4.69, 9.17) is 7.94 Å². The van der Waals surface area contributed by atoms with Crippen LogP contribution in [0, 0.1) is 0 Å². The van der Waals surface area contributed by atoms with Crippen molar-refractivity contribution in [2.75, 3.05) is 11.5 Å². The van der Waals surface area contributed by atoms with Crippen molar-refractivity contribution >= 4 is 32.7 Å². The van der Waals surface area contributed by atoms with Gasteiger partial charge in [-0.25, -0.2) is 7.94 Å². The zero-order valence-corrected chi connectivity index (χ0v) is 22.6. The third kappa shape index (κ3) is 27.0. The molecule has 0 spiro atoms. The summed E-state index contributed by atoms with van der Waals surface area (Å²) in [4.78, 5) is 9.75. The fraction of sp³-hybridized carbons (Fsp3) is 1.00. The van der Waals surface area contributed by atoms with Gasteiger partial charge in [0.2, 0.25) is 0 Å². The Morgan fingerprint density at radius 3 is 1.03 bits per heavy atom. The van der Waals surface area contributed by atoms with Crippen LogP contribution >= 0.6 is 32.7 Å². The molecule has 0 atom stereocenters. The first kappa shape index (κ1) is 31.0. The van der Waals surface area contributed by atoms with Crippen LogP contribution in [0.5, 0.6) is 0 Å². The largest absolute Gasteiger partial charge is 0.354 e. The van der Waals surface area contributed by atoms with Crippen LogP contribution in [0.15, 0.2) is 0 Å². The van der Waals surface area contributed by atoms with E-state index in [1.54, 1.807) is 0 Å². The maximum Gasteiger partial charge on any atom is 0.354 e. The van der Waals surface area contributed by atoms with Crippen molar-refractivity contribution in [3.8, 4) is 0 Å². The summed E-state index contributed by atoms with van der Waals surface area (Å²) in [7, 11) is -1.73. The summed E-state index contributed by atoms with van der Waals surface area (Å²) in [6, 6.07) is 0. The molecule has 0 aliphatic heterocycles. The molecule has 0 aromatic carbocycles. The smallest absolute Gasteiger partial charge is 0.327 e. The van der Waals surface area contributed by atoms with Gasteiger partial charge in [-0.1, -0.05) is 129 Å². The quantitative estimate of drug-likeness (QED) is 0.0754. The van der Waals surface area contributed by atoms with Crippen molar-refractivity contribution in [2.24, 2.45) is 0 Å². The zero-order chi connectivity index (χ0) is 22.0. The second kappa shape index (κ2) is 28.0. The Kier molecular flexibility index (Phi) is 29.0. The van der Waals surface area contributed by atoms with Crippen LogP contribution in [0.2, 0.25) is 0 Å². The fourth-order valence-electron chi connectivity index (χ4n) is 3.47. The lowest BCUT2D eigenvalue weighted by molar-refractivity contribution is 0.429. The number of rotatable bonds is 26. The van der Waals surface area contributed by atoms with Gasteiger partial charge in [-0.3, -0.25) is 0 Å². The zero-order valence-electron chi connectivity index (χ0n) is 20.1. The average Bonchev–Trinajstić information content (AvgIpc) is 2.75. The Balaban J connectivity index is 3.13. The Hall–Kier alpha value is 1.01.